The number of likely N-dealkylation sites (N-methyl/N-ethyl adjacent to an activating group) is 1. The molecular formula is C19H24N4O4S. The minimum absolute atomic E-state index is 0.0330. The second-order valence-electron chi connectivity index (χ2n) is 6.43. The fourth-order valence-electron chi connectivity index (χ4n) is 2.54. The number of carbonyl (C=O) groups excluding carboxylic acids is 2. The van der Waals surface area contributed by atoms with Gasteiger partial charge in [0.2, 0.25) is 21.8 Å². The maximum atomic E-state index is 12.7. The van der Waals surface area contributed by atoms with Crippen LogP contribution < -0.4 is 15.5 Å². The summed E-state index contributed by atoms with van der Waals surface area (Å²) in [6.45, 7) is 1.03. The summed E-state index contributed by atoms with van der Waals surface area (Å²) in [6, 6.07) is 13.0. The molecule has 2 aromatic rings. The lowest BCUT2D eigenvalue weighted by molar-refractivity contribution is -0.116. The highest BCUT2D eigenvalue weighted by Crippen LogP contribution is 2.23. The highest BCUT2D eigenvalue weighted by Gasteiger charge is 2.23. The van der Waals surface area contributed by atoms with Crippen LogP contribution in [0.2, 0.25) is 0 Å². The van der Waals surface area contributed by atoms with Crippen LogP contribution in [-0.4, -0.2) is 52.2 Å². The third kappa shape index (κ3) is 5.30. The maximum absolute atomic E-state index is 12.7. The van der Waals surface area contributed by atoms with Crippen molar-refractivity contribution in [3.8, 4) is 0 Å². The fraction of sp³-hybridized carbons (Fsp3) is 0.263. The van der Waals surface area contributed by atoms with Crippen molar-refractivity contribution in [2.75, 3.05) is 43.2 Å². The highest BCUT2D eigenvalue weighted by atomic mass is 32.2. The zero-order valence-electron chi connectivity index (χ0n) is 16.3. The number of benzene rings is 2. The number of amides is 2. The Kier molecular flexibility index (Phi) is 6.76. The second kappa shape index (κ2) is 8.85. The molecule has 0 saturated heterocycles. The van der Waals surface area contributed by atoms with Crippen molar-refractivity contribution >= 4 is 38.9 Å². The second-order valence-corrected chi connectivity index (χ2v) is 8.47. The highest BCUT2D eigenvalue weighted by molar-refractivity contribution is 7.89. The summed E-state index contributed by atoms with van der Waals surface area (Å²) in [7, 11) is 1.20. The molecule has 0 aliphatic carbocycles. The molecule has 28 heavy (non-hydrogen) atoms. The van der Waals surface area contributed by atoms with E-state index in [0.29, 0.717) is 11.4 Å². The normalized spacial score (nSPS) is 11.2. The summed E-state index contributed by atoms with van der Waals surface area (Å²) in [6.07, 6.45) is 0. The number of carbonyl (C=O) groups is 2. The molecule has 0 atom stereocenters. The number of nitrogens with one attached hydrogen (secondary N) is 2. The zero-order valence-corrected chi connectivity index (χ0v) is 17.1. The van der Waals surface area contributed by atoms with E-state index in [1.165, 1.54) is 38.2 Å². The monoisotopic (exact) mass is 404 g/mol. The first-order valence-corrected chi connectivity index (χ1v) is 9.95. The molecule has 0 bridgehead atoms. The van der Waals surface area contributed by atoms with Crippen LogP contribution in [0.1, 0.15) is 6.92 Å². The van der Waals surface area contributed by atoms with E-state index in [2.05, 4.69) is 10.6 Å². The first kappa shape index (κ1) is 21.4. The summed E-state index contributed by atoms with van der Waals surface area (Å²) in [5.74, 6) is -0.697. The molecule has 2 amide bonds. The van der Waals surface area contributed by atoms with Gasteiger partial charge in [0, 0.05) is 33.8 Å². The van der Waals surface area contributed by atoms with Gasteiger partial charge in [-0.3, -0.25) is 9.59 Å². The average Bonchev–Trinajstić information content (AvgIpc) is 2.61. The van der Waals surface area contributed by atoms with Crippen molar-refractivity contribution in [3.63, 3.8) is 0 Å². The number of para-hydroxylation sites is 2. The molecule has 0 aliphatic heterocycles. The minimum atomic E-state index is -3.85. The molecule has 0 spiro atoms. The van der Waals surface area contributed by atoms with E-state index < -0.39 is 15.9 Å². The van der Waals surface area contributed by atoms with Gasteiger partial charge in [-0.15, -0.1) is 0 Å². The third-order valence-electron chi connectivity index (χ3n) is 3.91. The van der Waals surface area contributed by atoms with E-state index in [-0.39, 0.29) is 17.3 Å². The van der Waals surface area contributed by atoms with Crippen LogP contribution in [0.5, 0.6) is 0 Å². The Hall–Kier alpha value is -2.91. The average molecular weight is 404 g/mol. The number of hydrogen-bond acceptors (Lipinski definition) is 5. The molecule has 0 heterocycles. The van der Waals surface area contributed by atoms with Crippen molar-refractivity contribution in [3.05, 3.63) is 48.5 Å². The van der Waals surface area contributed by atoms with Gasteiger partial charge in [0.05, 0.1) is 22.8 Å². The molecule has 9 heteroatoms. The molecule has 0 radical (unpaired) electrons. The minimum Gasteiger partial charge on any atom is -0.376 e. The number of hydrogen-bond donors (Lipinski definition) is 2. The summed E-state index contributed by atoms with van der Waals surface area (Å²) in [5.41, 5.74) is 1.91. The van der Waals surface area contributed by atoms with Crippen LogP contribution in [0.3, 0.4) is 0 Å². The Morgan fingerprint density at radius 1 is 0.929 bits per heavy atom. The van der Waals surface area contributed by atoms with Gasteiger partial charge in [-0.05, 0) is 36.4 Å². The van der Waals surface area contributed by atoms with Crippen LogP contribution in [-0.2, 0) is 19.6 Å². The molecule has 2 N–H and O–H groups in total. The number of anilines is 3. The number of rotatable bonds is 7. The van der Waals surface area contributed by atoms with Gasteiger partial charge >= 0.3 is 0 Å². The first-order valence-electron chi connectivity index (χ1n) is 8.51. The Morgan fingerprint density at radius 3 is 2.11 bits per heavy atom. The summed E-state index contributed by atoms with van der Waals surface area (Å²) >= 11 is 0. The summed E-state index contributed by atoms with van der Waals surface area (Å²) in [5, 5.41) is 5.31. The fourth-order valence-corrected chi connectivity index (χ4v) is 3.67. The van der Waals surface area contributed by atoms with Gasteiger partial charge in [-0.1, -0.05) is 12.1 Å². The Bertz CT molecular complexity index is 956. The van der Waals surface area contributed by atoms with E-state index in [1.54, 1.807) is 12.1 Å². The molecule has 150 valence electrons. The van der Waals surface area contributed by atoms with Gasteiger partial charge in [0.15, 0.2) is 0 Å². The molecule has 0 aliphatic rings. The smallest absolute Gasteiger partial charge is 0.243 e. The van der Waals surface area contributed by atoms with Crippen molar-refractivity contribution in [1.29, 1.82) is 0 Å². The SMILES string of the molecule is CC(=O)Nc1ccc(S(=O)(=O)N(C)CC(=O)Nc2ccccc2N(C)C)cc1. The van der Waals surface area contributed by atoms with E-state index in [0.717, 1.165) is 9.99 Å². The van der Waals surface area contributed by atoms with Crippen molar-refractivity contribution in [1.82, 2.24) is 4.31 Å². The Balaban J connectivity index is 2.09. The Labute approximate surface area is 165 Å². The van der Waals surface area contributed by atoms with Gasteiger partial charge in [-0.2, -0.15) is 4.31 Å². The molecule has 0 aromatic heterocycles. The lowest BCUT2D eigenvalue weighted by Crippen LogP contribution is -2.35. The molecule has 0 fully saturated rings. The largest absolute Gasteiger partial charge is 0.376 e. The number of nitrogens with zero attached hydrogens (tertiary/aromatic N) is 2. The summed E-state index contributed by atoms with van der Waals surface area (Å²) in [4.78, 5) is 25.3. The van der Waals surface area contributed by atoms with Gasteiger partial charge in [0.25, 0.3) is 0 Å². The predicted molar refractivity (Wildman–Crippen MR) is 110 cm³/mol. The van der Waals surface area contributed by atoms with Crippen LogP contribution >= 0.6 is 0 Å². The van der Waals surface area contributed by atoms with Gasteiger partial charge in [0.1, 0.15) is 0 Å². The number of sulfonamides is 1. The predicted octanol–water partition coefficient (Wildman–Crippen LogP) is 1.97. The van der Waals surface area contributed by atoms with Gasteiger partial charge in [-0.25, -0.2) is 8.42 Å². The van der Waals surface area contributed by atoms with Crippen LogP contribution in [0.4, 0.5) is 17.1 Å². The van der Waals surface area contributed by atoms with Crippen LogP contribution in [0.15, 0.2) is 53.4 Å². The topological polar surface area (TPSA) is 98.8 Å². The quantitative estimate of drug-likeness (QED) is 0.735. The van der Waals surface area contributed by atoms with Crippen molar-refractivity contribution < 1.29 is 18.0 Å². The maximum Gasteiger partial charge on any atom is 0.243 e. The molecule has 8 nitrogen and oxygen atoms in total. The van der Waals surface area contributed by atoms with Crippen molar-refractivity contribution in [2.24, 2.45) is 0 Å². The molecule has 2 aromatic carbocycles. The summed E-state index contributed by atoms with van der Waals surface area (Å²) < 4.78 is 26.3. The van der Waals surface area contributed by atoms with Crippen molar-refractivity contribution in [2.45, 2.75) is 11.8 Å². The molecule has 2 rings (SSSR count). The van der Waals surface area contributed by atoms with E-state index in [4.69, 9.17) is 0 Å². The molecular weight excluding hydrogens is 380 g/mol. The van der Waals surface area contributed by atoms with E-state index >= 15 is 0 Å². The van der Waals surface area contributed by atoms with E-state index in [1.807, 2.05) is 31.1 Å². The van der Waals surface area contributed by atoms with E-state index in [9.17, 15) is 18.0 Å². The third-order valence-corrected chi connectivity index (χ3v) is 5.73. The lowest BCUT2D eigenvalue weighted by Gasteiger charge is -2.20. The van der Waals surface area contributed by atoms with Gasteiger partial charge < -0.3 is 15.5 Å². The standard InChI is InChI=1S/C19H24N4O4S/c1-14(24)20-15-9-11-16(12-10-15)28(26,27)23(4)13-19(25)21-17-7-5-6-8-18(17)22(2)3/h5-12H,13H2,1-4H3,(H,20,24)(H,21,25). The first-order chi connectivity index (χ1) is 13.1. The molecule has 0 saturated carbocycles. The van der Waals surface area contributed by atoms with Crippen LogP contribution in [0, 0.1) is 0 Å². The lowest BCUT2D eigenvalue weighted by atomic mass is 10.2. The van der Waals surface area contributed by atoms with Crippen LogP contribution in [0.25, 0.3) is 0 Å². The molecule has 0 unspecified atom stereocenters. The Morgan fingerprint density at radius 2 is 1.54 bits per heavy atom. The zero-order chi connectivity index (χ0) is 20.9.